The highest BCUT2D eigenvalue weighted by Crippen LogP contribution is 2.33. The Morgan fingerprint density at radius 1 is 0.741 bits per heavy atom. The van der Waals surface area contributed by atoms with E-state index in [4.69, 9.17) is 15.0 Å². The van der Waals surface area contributed by atoms with E-state index in [1.807, 2.05) is 18.3 Å². The van der Waals surface area contributed by atoms with Crippen LogP contribution in [0.15, 0.2) is 6.07 Å². The number of aryl methyl sites for hydroxylation is 3. The molecule has 0 aromatic carbocycles. The quantitative estimate of drug-likeness (QED) is 0.811. The Balaban J connectivity index is 1.28. The van der Waals surface area contributed by atoms with E-state index >= 15 is 0 Å². The number of hydrogen-bond donors (Lipinski definition) is 0. The van der Waals surface area contributed by atoms with Crippen LogP contribution in [-0.2, 0) is 12.8 Å². The highest BCUT2D eigenvalue weighted by atomic mass is 32.1. The first kappa shape index (κ1) is 17.2. The molecule has 0 atom stereocenters. The molecule has 27 heavy (non-hydrogen) atoms. The van der Waals surface area contributed by atoms with Crippen molar-refractivity contribution in [2.75, 3.05) is 54.0 Å². The normalized spacial score (nSPS) is 20.3. The Morgan fingerprint density at radius 2 is 1.41 bits per heavy atom. The first-order chi connectivity index (χ1) is 13.3. The second kappa shape index (κ2) is 7.26. The van der Waals surface area contributed by atoms with Gasteiger partial charge in [-0.05, 0) is 45.4 Å². The summed E-state index contributed by atoms with van der Waals surface area (Å²) in [5, 5.41) is 1.23. The van der Waals surface area contributed by atoms with E-state index in [-0.39, 0.29) is 0 Å². The molecule has 4 heterocycles. The highest BCUT2D eigenvalue weighted by Gasteiger charge is 2.24. The third kappa shape index (κ3) is 3.49. The SMILES string of the molecule is Cc1nc(N2CCCCC2)cc(N2CCN(c3nc4c(s3)CCC4)CC2)n1. The van der Waals surface area contributed by atoms with Gasteiger partial charge in [0.25, 0.3) is 0 Å². The summed E-state index contributed by atoms with van der Waals surface area (Å²) in [6.45, 7) is 8.31. The van der Waals surface area contributed by atoms with Crippen molar-refractivity contribution in [2.45, 2.75) is 45.4 Å². The van der Waals surface area contributed by atoms with Crippen molar-refractivity contribution < 1.29 is 0 Å². The molecule has 2 aromatic heterocycles. The summed E-state index contributed by atoms with van der Waals surface area (Å²) in [5.74, 6) is 3.08. The molecule has 3 aliphatic rings. The number of thiazole rings is 1. The second-order valence-electron chi connectivity index (χ2n) is 7.87. The smallest absolute Gasteiger partial charge is 0.185 e. The van der Waals surface area contributed by atoms with Crippen molar-refractivity contribution in [2.24, 2.45) is 0 Å². The van der Waals surface area contributed by atoms with Crippen LogP contribution in [0.1, 0.15) is 42.1 Å². The van der Waals surface area contributed by atoms with Gasteiger partial charge in [0.2, 0.25) is 0 Å². The summed E-state index contributed by atoms with van der Waals surface area (Å²) in [7, 11) is 0. The molecule has 144 valence electrons. The minimum Gasteiger partial charge on any atom is -0.356 e. The van der Waals surface area contributed by atoms with Crippen LogP contribution in [0.25, 0.3) is 0 Å². The monoisotopic (exact) mass is 384 g/mol. The third-order valence-corrected chi connectivity index (χ3v) is 7.17. The lowest BCUT2D eigenvalue weighted by molar-refractivity contribution is 0.572. The molecule has 2 fully saturated rings. The summed E-state index contributed by atoms with van der Waals surface area (Å²) in [6.07, 6.45) is 7.58. The van der Waals surface area contributed by atoms with Crippen LogP contribution in [0, 0.1) is 6.92 Å². The van der Waals surface area contributed by atoms with Crippen molar-refractivity contribution in [3.8, 4) is 0 Å². The second-order valence-corrected chi connectivity index (χ2v) is 8.94. The molecule has 5 rings (SSSR count). The van der Waals surface area contributed by atoms with E-state index in [9.17, 15) is 0 Å². The molecule has 0 spiro atoms. The van der Waals surface area contributed by atoms with Gasteiger partial charge in [0, 0.05) is 50.2 Å². The Kier molecular flexibility index (Phi) is 4.63. The molecule has 7 heteroatoms. The van der Waals surface area contributed by atoms with Gasteiger partial charge in [-0.1, -0.05) is 0 Å². The average molecular weight is 385 g/mol. The molecule has 0 radical (unpaired) electrons. The van der Waals surface area contributed by atoms with Crippen molar-refractivity contribution in [1.82, 2.24) is 15.0 Å². The molecule has 6 nitrogen and oxygen atoms in total. The maximum Gasteiger partial charge on any atom is 0.185 e. The van der Waals surface area contributed by atoms with E-state index in [1.54, 1.807) is 0 Å². The zero-order chi connectivity index (χ0) is 18.2. The Hall–Kier alpha value is -1.89. The number of hydrogen-bond acceptors (Lipinski definition) is 7. The van der Waals surface area contributed by atoms with Gasteiger partial charge in [0.15, 0.2) is 5.13 Å². The Morgan fingerprint density at radius 3 is 2.11 bits per heavy atom. The minimum absolute atomic E-state index is 0.881. The van der Waals surface area contributed by atoms with Gasteiger partial charge < -0.3 is 14.7 Å². The number of piperazine rings is 1. The lowest BCUT2D eigenvalue weighted by Gasteiger charge is -2.36. The number of rotatable bonds is 3. The van der Waals surface area contributed by atoms with Crippen molar-refractivity contribution >= 4 is 28.1 Å². The lowest BCUT2D eigenvalue weighted by Crippen LogP contribution is -2.47. The maximum atomic E-state index is 4.90. The Bertz CT molecular complexity index is 783. The molecular formula is C20H28N6S. The molecule has 0 saturated carbocycles. The molecule has 2 aliphatic heterocycles. The fraction of sp³-hybridized carbons (Fsp3) is 0.650. The van der Waals surface area contributed by atoms with E-state index in [0.29, 0.717) is 0 Å². The van der Waals surface area contributed by atoms with Crippen LogP contribution in [0.2, 0.25) is 0 Å². The summed E-state index contributed by atoms with van der Waals surface area (Å²) in [6, 6.07) is 2.20. The number of anilines is 3. The highest BCUT2D eigenvalue weighted by molar-refractivity contribution is 7.15. The summed E-state index contributed by atoms with van der Waals surface area (Å²) in [4.78, 5) is 23.2. The number of aromatic nitrogens is 3. The van der Waals surface area contributed by atoms with Gasteiger partial charge in [-0.2, -0.15) is 0 Å². The van der Waals surface area contributed by atoms with Gasteiger partial charge in [-0.15, -0.1) is 11.3 Å². The zero-order valence-corrected chi connectivity index (χ0v) is 17.0. The predicted molar refractivity (Wildman–Crippen MR) is 111 cm³/mol. The van der Waals surface area contributed by atoms with Crippen LogP contribution in [0.4, 0.5) is 16.8 Å². The summed E-state index contributed by atoms with van der Waals surface area (Å²) >= 11 is 1.91. The van der Waals surface area contributed by atoms with E-state index < -0.39 is 0 Å². The molecule has 1 aliphatic carbocycles. The third-order valence-electron chi connectivity index (χ3n) is 5.95. The van der Waals surface area contributed by atoms with Gasteiger partial charge in [-0.3, -0.25) is 0 Å². The molecule has 0 bridgehead atoms. The van der Waals surface area contributed by atoms with Crippen LogP contribution in [0.3, 0.4) is 0 Å². The minimum atomic E-state index is 0.881. The zero-order valence-electron chi connectivity index (χ0n) is 16.2. The fourth-order valence-electron chi connectivity index (χ4n) is 4.42. The van der Waals surface area contributed by atoms with Crippen LogP contribution >= 0.6 is 11.3 Å². The van der Waals surface area contributed by atoms with E-state index in [1.165, 1.54) is 54.2 Å². The van der Waals surface area contributed by atoms with Gasteiger partial charge in [0.05, 0.1) is 5.69 Å². The van der Waals surface area contributed by atoms with Crippen LogP contribution < -0.4 is 14.7 Å². The van der Waals surface area contributed by atoms with Crippen molar-refractivity contribution in [1.29, 1.82) is 0 Å². The molecule has 2 saturated heterocycles. The lowest BCUT2D eigenvalue weighted by atomic mass is 10.1. The number of nitrogens with zero attached hydrogens (tertiary/aromatic N) is 6. The fourth-order valence-corrected chi connectivity index (χ4v) is 5.62. The molecule has 0 unspecified atom stereocenters. The standard InChI is InChI=1S/C20H28N6S/c1-15-21-18(24-8-3-2-4-9-24)14-19(22-15)25-10-12-26(13-11-25)20-23-16-6-5-7-17(16)27-20/h14H,2-13H2,1H3. The summed E-state index contributed by atoms with van der Waals surface area (Å²) in [5.41, 5.74) is 1.36. The first-order valence-corrected chi connectivity index (χ1v) is 11.2. The van der Waals surface area contributed by atoms with Gasteiger partial charge in [0.1, 0.15) is 17.5 Å². The number of piperidine rings is 1. The largest absolute Gasteiger partial charge is 0.356 e. The molecule has 0 amide bonds. The van der Waals surface area contributed by atoms with Crippen LogP contribution in [-0.4, -0.2) is 54.2 Å². The number of fused-ring (bicyclic) bond motifs is 1. The van der Waals surface area contributed by atoms with Gasteiger partial charge in [-0.25, -0.2) is 15.0 Å². The Labute approximate surface area is 165 Å². The molecular weight excluding hydrogens is 356 g/mol. The maximum absolute atomic E-state index is 4.90. The molecule has 0 N–H and O–H groups in total. The van der Waals surface area contributed by atoms with Crippen molar-refractivity contribution in [3.63, 3.8) is 0 Å². The van der Waals surface area contributed by atoms with E-state index in [2.05, 4.69) is 20.8 Å². The first-order valence-electron chi connectivity index (χ1n) is 10.4. The van der Waals surface area contributed by atoms with Crippen LogP contribution in [0.5, 0.6) is 0 Å². The van der Waals surface area contributed by atoms with Gasteiger partial charge >= 0.3 is 0 Å². The molecule has 2 aromatic rings. The van der Waals surface area contributed by atoms with E-state index in [0.717, 1.165) is 56.7 Å². The topological polar surface area (TPSA) is 48.4 Å². The summed E-state index contributed by atoms with van der Waals surface area (Å²) < 4.78 is 0. The predicted octanol–water partition coefficient (Wildman–Crippen LogP) is 3.05. The average Bonchev–Trinajstić information content (AvgIpc) is 3.31. The van der Waals surface area contributed by atoms with Crippen molar-refractivity contribution in [3.05, 3.63) is 22.5 Å².